The van der Waals surface area contributed by atoms with Crippen molar-refractivity contribution in [1.82, 2.24) is 25.0 Å². The molecule has 2 aromatic heterocycles. The van der Waals surface area contributed by atoms with Crippen molar-refractivity contribution in [3.05, 3.63) is 62.5 Å². The molecular formula is C22H27ClN6S. The average Bonchev–Trinajstić information content (AvgIpc) is 3.17. The fraction of sp³-hybridized carbons (Fsp3) is 0.409. The lowest BCUT2D eigenvalue weighted by molar-refractivity contribution is 0.320. The molecule has 8 heteroatoms. The van der Waals surface area contributed by atoms with E-state index in [0.717, 1.165) is 46.6 Å². The molecule has 3 heterocycles. The molecule has 6 nitrogen and oxygen atoms in total. The SMILES string of the molecule is Cc1sc2c(c1C)C(c1ccc(Cl)cc1)=NC(C)(NCCN(C)C)c1nnc(C)n1-2. The monoisotopic (exact) mass is 442 g/mol. The van der Waals surface area contributed by atoms with Crippen LogP contribution in [0.4, 0.5) is 0 Å². The quantitative estimate of drug-likeness (QED) is 0.646. The van der Waals surface area contributed by atoms with Gasteiger partial charge in [0.15, 0.2) is 11.5 Å². The Balaban J connectivity index is 1.97. The van der Waals surface area contributed by atoms with Crippen LogP contribution in [0.5, 0.6) is 0 Å². The maximum atomic E-state index is 6.17. The molecule has 1 N–H and O–H groups in total. The van der Waals surface area contributed by atoms with E-state index in [1.165, 1.54) is 10.4 Å². The number of thiophene rings is 1. The van der Waals surface area contributed by atoms with Crippen molar-refractivity contribution in [1.29, 1.82) is 0 Å². The molecule has 0 fully saturated rings. The van der Waals surface area contributed by atoms with Gasteiger partial charge in [0.25, 0.3) is 0 Å². The number of aromatic nitrogens is 3. The Morgan fingerprint density at radius 3 is 2.50 bits per heavy atom. The first-order valence-corrected chi connectivity index (χ1v) is 11.2. The highest BCUT2D eigenvalue weighted by Crippen LogP contribution is 2.39. The molecule has 158 valence electrons. The summed E-state index contributed by atoms with van der Waals surface area (Å²) in [5.41, 5.74) is 3.65. The van der Waals surface area contributed by atoms with Gasteiger partial charge in [0.05, 0.1) is 5.71 Å². The number of likely N-dealkylation sites (N-methyl/N-ethyl adjacent to an activating group) is 1. The molecule has 1 atom stereocenters. The van der Waals surface area contributed by atoms with Gasteiger partial charge in [-0.15, -0.1) is 21.5 Å². The second-order valence-electron chi connectivity index (χ2n) is 8.14. The van der Waals surface area contributed by atoms with E-state index < -0.39 is 5.66 Å². The van der Waals surface area contributed by atoms with Crippen LogP contribution in [0.15, 0.2) is 29.3 Å². The first kappa shape index (κ1) is 21.2. The van der Waals surface area contributed by atoms with E-state index >= 15 is 0 Å². The molecule has 3 aromatic rings. The van der Waals surface area contributed by atoms with Gasteiger partial charge < -0.3 is 4.90 Å². The van der Waals surface area contributed by atoms with Crippen molar-refractivity contribution in [3.8, 4) is 5.00 Å². The third-order valence-corrected chi connectivity index (χ3v) is 6.99. The Morgan fingerprint density at radius 2 is 1.83 bits per heavy atom. The topological polar surface area (TPSA) is 58.3 Å². The van der Waals surface area contributed by atoms with Crippen molar-refractivity contribution < 1.29 is 0 Å². The van der Waals surface area contributed by atoms with Crippen LogP contribution in [-0.2, 0) is 5.66 Å². The number of hydrogen-bond acceptors (Lipinski definition) is 6. The number of benzene rings is 1. The van der Waals surface area contributed by atoms with Gasteiger partial charge in [0.2, 0.25) is 0 Å². The molecular weight excluding hydrogens is 416 g/mol. The Morgan fingerprint density at radius 1 is 1.13 bits per heavy atom. The molecule has 0 amide bonds. The third kappa shape index (κ3) is 3.60. The van der Waals surface area contributed by atoms with Crippen molar-refractivity contribution in [2.45, 2.75) is 33.4 Å². The molecule has 1 aliphatic heterocycles. The maximum absolute atomic E-state index is 6.17. The van der Waals surface area contributed by atoms with Crippen LogP contribution < -0.4 is 5.32 Å². The smallest absolute Gasteiger partial charge is 0.180 e. The molecule has 0 saturated heterocycles. The molecule has 4 rings (SSSR count). The van der Waals surface area contributed by atoms with Crippen LogP contribution in [0, 0.1) is 20.8 Å². The zero-order valence-electron chi connectivity index (χ0n) is 18.2. The zero-order chi connectivity index (χ0) is 21.6. The van der Waals surface area contributed by atoms with Crippen LogP contribution in [0.3, 0.4) is 0 Å². The summed E-state index contributed by atoms with van der Waals surface area (Å²) in [5, 5.41) is 14.4. The maximum Gasteiger partial charge on any atom is 0.180 e. The van der Waals surface area contributed by atoms with E-state index in [4.69, 9.17) is 16.6 Å². The van der Waals surface area contributed by atoms with Gasteiger partial charge in [-0.25, -0.2) is 0 Å². The number of rotatable bonds is 5. The van der Waals surface area contributed by atoms with Gasteiger partial charge in [-0.2, -0.15) is 0 Å². The van der Waals surface area contributed by atoms with Crippen molar-refractivity contribution in [2.24, 2.45) is 4.99 Å². The zero-order valence-corrected chi connectivity index (χ0v) is 19.8. The second kappa shape index (κ2) is 7.89. The van der Waals surface area contributed by atoms with Crippen LogP contribution >= 0.6 is 22.9 Å². The summed E-state index contributed by atoms with van der Waals surface area (Å²) >= 11 is 7.93. The second-order valence-corrected chi connectivity index (χ2v) is 9.78. The van der Waals surface area contributed by atoms with Crippen LogP contribution in [0.2, 0.25) is 5.02 Å². The van der Waals surface area contributed by atoms with E-state index in [-0.39, 0.29) is 0 Å². The van der Waals surface area contributed by atoms with Crippen LogP contribution in [0.1, 0.15) is 40.1 Å². The number of hydrogen-bond donors (Lipinski definition) is 1. The van der Waals surface area contributed by atoms with Gasteiger partial charge in [-0.3, -0.25) is 14.9 Å². The van der Waals surface area contributed by atoms with Crippen molar-refractivity contribution >= 4 is 28.6 Å². The van der Waals surface area contributed by atoms with E-state index in [9.17, 15) is 0 Å². The minimum atomic E-state index is -0.717. The number of fused-ring (bicyclic) bond motifs is 3. The van der Waals surface area contributed by atoms with E-state index in [1.54, 1.807) is 11.3 Å². The lowest BCUT2D eigenvalue weighted by Gasteiger charge is -2.26. The van der Waals surface area contributed by atoms with E-state index in [1.807, 2.05) is 31.2 Å². The first-order chi connectivity index (χ1) is 14.2. The fourth-order valence-corrected chi connectivity index (χ4v) is 5.09. The Hall–Kier alpha value is -2.06. The third-order valence-electron chi connectivity index (χ3n) is 5.55. The van der Waals surface area contributed by atoms with Crippen molar-refractivity contribution in [2.75, 3.05) is 27.2 Å². The summed E-state index contributed by atoms with van der Waals surface area (Å²) in [7, 11) is 4.13. The summed E-state index contributed by atoms with van der Waals surface area (Å²) in [6, 6.07) is 7.91. The van der Waals surface area contributed by atoms with Gasteiger partial charge in [0.1, 0.15) is 10.8 Å². The Labute approximate surface area is 186 Å². The Bertz CT molecular complexity index is 1110. The van der Waals surface area contributed by atoms with Gasteiger partial charge >= 0.3 is 0 Å². The summed E-state index contributed by atoms with van der Waals surface area (Å²) in [6.07, 6.45) is 0. The molecule has 0 saturated carbocycles. The van der Waals surface area contributed by atoms with Gasteiger partial charge in [0, 0.05) is 34.1 Å². The predicted octanol–water partition coefficient (Wildman–Crippen LogP) is 4.08. The molecule has 0 radical (unpaired) electrons. The molecule has 30 heavy (non-hydrogen) atoms. The van der Waals surface area contributed by atoms with Gasteiger partial charge in [-0.05, 0) is 59.5 Å². The standard InChI is InChI=1S/C22H27ClN6S/c1-13-14(2)30-20-18(13)19(16-7-9-17(23)10-8-16)25-22(4,24-11-12-28(5)6)21-27-26-15(3)29(20)21/h7-10,24H,11-12H2,1-6H3. The summed E-state index contributed by atoms with van der Waals surface area (Å²) in [6.45, 7) is 10.1. The lowest BCUT2D eigenvalue weighted by Crippen LogP contribution is -2.43. The molecule has 1 aliphatic rings. The molecule has 0 spiro atoms. The number of aryl methyl sites for hydroxylation is 2. The largest absolute Gasteiger partial charge is 0.308 e. The fourth-order valence-electron chi connectivity index (χ4n) is 3.75. The van der Waals surface area contributed by atoms with E-state index in [0.29, 0.717) is 5.02 Å². The Kier molecular flexibility index (Phi) is 5.57. The lowest BCUT2D eigenvalue weighted by atomic mass is 9.99. The summed E-state index contributed by atoms with van der Waals surface area (Å²) < 4.78 is 2.16. The van der Waals surface area contributed by atoms with Crippen LogP contribution in [-0.4, -0.2) is 52.6 Å². The molecule has 1 unspecified atom stereocenters. The van der Waals surface area contributed by atoms with Gasteiger partial charge in [-0.1, -0.05) is 23.7 Å². The average molecular weight is 443 g/mol. The minimum absolute atomic E-state index is 0.714. The number of aliphatic imine (C=N–C) groups is 1. The normalized spacial score (nSPS) is 18.2. The summed E-state index contributed by atoms with van der Waals surface area (Å²) in [4.78, 5) is 8.72. The number of nitrogens with one attached hydrogen (secondary N) is 1. The van der Waals surface area contributed by atoms with Crippen molar-refractivity contribution in [3.63, 3.8) is 0 Å². The molecule has 0 bridgehead atoms. The number of halogens is 1. The highest BCUT2D eigenvalue weighted by Gasteiger charge is 2.38. The van der Waals surface area contributed by atoms with Crippen LogP contribution in [0.25, 0.3) is 5.00 Å². The first-order valence-electron chi connectivity index (χ1n) is 10.00. The minimum Gasteiger partial charge on any atom is -0.308 e. The molecule has 0 aliphatic carbocycles. The molecule has 1 aromatic carbocycles. The highest BCUT2D eigenvalue weighted by atomic mass is 35.5. The highest BCUT2D eigenvalue weighted by molar-refractivity contribution is 7.15. The van der Waals surface area contributed by atoms with E-state index in [2.05, 4.69) is 59.8 Å². The predicted molar refractivity (Wildman–Crippen MR) is 124 cm³/mol. The summed E-state index contributed by atoms with van der Waals surface area (Å²) in [5.74, 6) is 1.67. The number of nitrogens with zero attached hydrogens (tertiary/aromatic N) is 5.